The quantitative estimate of drug-likeness (QED) is 0.921. The lowest BCUT2D eigenvalue weighted by Crippen LogP contribution is -2.28. The summed E-state index contributed by atoms with van der Waals surface area (Å²) >= 11 is 1.68. The summed E-state index contributed by atoms with van der Waals surface area (Å²) in [4.78, 5) is 5.77. The fourth-order valence-electron chi connectivity index (χ4n) is 2.29. The van der Waals surface area contributed by atoms with E-state index in [4.69, 9.17) is 15.2 Å². The van der Waals surface area contributed by atoms with E-state index in [1.165, 1.54) is 0 Å². The first-order chi connectivity index (χ1) is 9.85. The summed E-state index contributed by atoms with van der Waals surface area (Å²) in [7, 11) is 3.28. The van der Waals surface area contributed by atoms with Crippen LogP contribution in [0.3, 0.4) is 0 Å². The topological polar surface area (TPSA) is 57.4 Å². The normalized spacial score (nSPS) is 11.5. The number of aryl methyl sites for hydroxylation is 1. The molecule has 5 heteroatoms. The van der Waals surface area contributed by atoms with Gasteiger partial charge in [-0.15, -0.1) is 11.3 Å². The minimum Gasteiger partial charge on any atom is -0.493 e. The molecule has 0 fully saturated rings. The molecular formula is C16H22N2O2S. The molecule has 0 bridgehead atoms. The molecule has 0 radical (unpaired) electrons. The lowest BCUT2D eigenvalue weighted by atomic mass is 10.0. The van der Waals surface area contributed by atoms with Crippen LogP contribution in [0.2, 0.25) is 0 Å². The summed E-state index contributed by atoms with van der Waals surface area (Å²) in [5, 5.41) is 1.06. The standard InChI is InChI=1S/C16H22N2O2S/c1-10-15(16(2,3)17)21-14(18-10)9-11-6-7-12(19-4)13(8-11)20-5/h6-8H,9,17H2,1-5H3. The average molecular weight is 306 g/mol. The Labute approximate surface area is 129 Å². The highest BCUT2D eigenvalue weighted by atomic mass is 32.1. The number of rotatable bonds is 5. The molecule has 0 aliphatic rings. The molecule has 114 valence electrons. The predicted molar refractivity (Wildman–Crippen MR) is 86.4 cm³/mol. The van der Waals surface area contributed by atoms with Gasteiger partial charge in [-0.25, -0.2) is 4.98 Å². The summed E-state index contributed by atoms with van der Waals surface area (Å²) < 4.78 is 10.6. The molecule has 1 aromatic heterocycles. The van der Waals surface area contributed by atoms with E-state index >= 15 is 0 Å². The van der Waals surface area contributed by atoms with Crippen molar-refractivity contribution >= 4 is 11.3 Å². The molecule has 21 heavy (non-hydrogen) atoms. The van der Waals surface area contributed by atoms with Gasteiger partial charge in [0.25, 0.3) is 0 Å². The zero-order valence-corrected chi connectivity index (χ0v) is 14.0. The number of methoxy groups -OCH3 is 2. The van der Waals surface area contributed by atoms with Crippen molar-refractivity contribution in [2.24, 2.45) is 5.73 Å². The maximum Gasteiger partial charge on any atom is 0.160 e. The molecule has 0 unspecified atom stereocenters. The fraction of sp³-hybridized carbons (Fsp3) is 0.438. The van der Waals surface area contributed by atoms with E-state index < -0.39 is 0 Å². The number of thiazole rings is 1. The lowest BCUT2D eigenvalue weighted by molar-refractivity contribution is 0.354. The Morgan fingerprint density at radius 2 is 1.86 bits per heavy atom. The van der Waals surface area contributed by atoms with Crippen molar-refractivity contribution in [1.29, 1.82) is 0 Å². The Morgan fingerprint density at radius 1 is 1.19 bits per heavy atom. The summed E-state index contributed by atoms with van der Waals surface area (Å²) in [5.41, 5.74) is 7.99. The van der Waals surface area contributed by atoms with Crippen LogP contribution in [-0.2, 0) is 12.0 Å². The number of ether oxygens (including phenoxy) is 2. The third-order valence-corrected chi connectivity index (χ3v) is 4.73. The van der Waals surface area contributed by atoms with E-state index in [9.17, 15) is 0 Å². The number of hydrogen-bond donors (Lipinski definition) is 1. The molecule has 4 nitrogen and oxygen atoms in total. The summed E-state index contributed by atoms with van der Waals surface area (Å²) in [6.45, 7) is 6.03. The molecule has 0 spiro atoms. The third-order valence-electron chi connectivity index (χ3n) is 3.23. The molecule has 2 rings (SSSR count). The molecule has 2 aromatic rings. The van der Waals surface area contributed by atoms with Gasteiger partial charge in [0.1, 0.15) is 0 Å². The zero-order chi connectivity index (χ0) is 15.6. The van der Waals surface area contributed by atoms with E-state index in [1.807, 2.05) is 39.0 Å². The van der Waals surface area contributed by atoms with Crippen LogP contribution in [0.5, 0.6) is 11.5 Å². The highest BCUT2D eigenvalue weighted by Gasteiger charge is 2.21. The molecule has 0 atom stereocenters. The van der Waals surface area contributed by atoms with Crippen LogP contribution in [0.1, 0.15) is 35.0 Å². The van der Waals surface area contributed by atoms with Gasteiger partial charge in [0, 0.05) is 16.8 Å². The SMILES string of the molecule is COc1ccc(Cc2nc(C)c(C(C)(C)N)s2)cc1OC. The fourth-order valence-corrected chi connectivity index (χ4v) is 3.40. The van der Waals surface area contributed by atoms with Gasteiger partial charge in [0.05, 0.1) is 24.9 Å². The van der Waals surface area contributed by atoms with Crippen LogP contribution >= 0.6 is 11.3 Å². The lowest BCUT2D eigenvalue weighted by Gasteiger charge is -2.16. The van der Waals surface area contributed by atoms with Crippen LogP contribution in [-0.4, -0.2) is 19.2 Å². The minimum absolute atomic E-state index is 0.350. The van der Waals surface area contributed by atoms with Gasteiger partial charge >= 0.3 is 0 Å². The molecular weight excluding hydrogens is 284 g/mol. The minimum atomic E-state index is -0.350. The first kappa shape index (κ1) is 15.8. The number of nitrogens with zero attached hydrogens (tertiary/aromatic N) is 1. The third kappa shape index (κ3) is 3.54. The molecule has 1 heterocycles. The van der Waals surface area contributed by atoms with E-state index in [2.05, 4.69) is 4.98 Å². The summed E-state index contributed by atoms with van der Waals surface area (Å²) in [6, 6.07) is 5.94. The van der Waals surface area contributed by atoms with Gasteiger partial charge in [0.15, 0.2) is 11.5 Å². The summed E-state index contributed by atoms with van der Waals surface area (Å²) in [5.74, 6) is 1.48. The number of aromatic nitrogens is 1. The smallest absolute Gasteiger partial charge is 0.160 e. The van der Waals surface area contributed by atoms with Crippen LogP contribution < -0.4 is 15.2 Å². The van der Waals surface area contributed by atoms with Gasteiger partial charge in [-0.2, -0.15) is 0 Å². The molecule has 2 N–H and O–H groups in total. The highest BCUT2D eigenvalue weighted by Crippen LogP contribution is 2.31. The Morgan fingerprint density at radius 3 is 2.38 bits per heavy atom. The monoisotopic (exact) mass is 306 g/mol. The second kappa shape index (κ2) is 6.03. The van der Waals surface area contributed by atoms with Gasteiger partial charge < -0.3 is 15.2 Å². The van der Waals surface area contributed by atoms with Crippen molar-refractivity contribution in [3.63, 3.8) is 0 Å². The summed E-state index contributed by atoms with van der Waals surface area (Å²) in [6.07, 6.45) is 0.766. The van der Waals surface area contributed by atoms with Crippen LogP contribution in [0, 0.1) is 6.92 Å². The molecule has 0 saturated carbocycles. The van der Waals surface area contributed by atoms with E-state index in [-0.39, 0.29) is 5.54 Å². The second-order valence-electron chi connectivity index (χ2n) is 5.61. The van der Waals surface area contributed by atoms with Gasteiger partial charge in [-0.1, -0.05) is 6.07 Å². The Hall–Kier alpha value is -1.59. The van der Waals surface area contributed by atoms with E-state index in [0.717, 1.165) is 39.1 Å². The maximum atomic E-state index is 6.18. The maximum absolute atomic E-state index is 6.18. The molecule has 0 aliphatic heterocycles. The van der Waals surface area contributed by atoms with E-state index in [1.54, 1.807) is 25.6 Å². The van der Waals surface area contributed by atoms with Crippen molar-refractivity contribution in [3.05, 3.63) is 39.3 Å². The molecule has 1 aromatic carbocycles. The van der Waals surface area contributed by atoms with Gasteiger partial charge in [0.2, 0.25) is 0 Å². The first-order valence-corrected chi connectivity index (χ1v) is 7.63. The highest BCUT2D eigenvalue weighted by molar-refractivity contribution is 7.11. The van der Waals surface area contributed by atoms with Crippen LogP contribution in [0.25, 0.3) is 0 Å². The molecule has 0 saturated heterocycles. The Bertz CT molecular complexity index is 630. The predicted octanol–water partition coefficient (Wildman–Crippen LogP) is 3.25. The van der Waals surface area contributed by atoms with Crippen molar-refractivity contribution in [1.82, 2.24) is 4.98 Å². The van der Waals surface area contributed by atoms with Gasteiger partial charge in [-0.3, -0.25) is 0 Å². The largest absolute Gasteiger partial charge is 0.493 e. The second-order valence-corrected chi connectivity index (χ2v) is 6.69. The van der Waals surface area contributed by atoms with Crippen molar-refractivity contribution in [2.75, 3.05) is 14.2 Å². The molecule has 0 aliphatic carbocycles. The first-order valence-electron chi connectivity index (χ1n) is 6.81. The zero-order valence-electron chi connectivity index (χ0n) is 13.2. The van der Waals surface area contributed by atoms with E-state index in [0.29, 0.717) is 0 Å². The average Bonchev–Trinajstić information content (AvgIpc) is 2.79. The number of benzene rings is 1. The number of hydrogen-bond acceptors (Lipinski definition) is 5. The van der Waals surface area contributed by atoms with Crippen molar-refractivity contribution < 1.29 is 9.47 Å². The Balaban J connectivity index is 2.26. The van der Waals surface area contributed by atoms with Gasteiger partial charge in [-0.05, 0) is 38.5 Å². The van der Waals surface area contributed by atoms with Crippen molar-refractivity contribution in [3.8, 4) is 11.5 Å². The van der Waals surface area contributed by atoms with Crippen molar-refractivity contribution in [2.45, 2.75) is 32.7 Å². The number of nitrogens with two attached hydrogens (primary N) is 1. The van der Waals surface area contributed by atoms with Crippen LogP contribution in [0.4, 0.5) is 0 Å². The Kier molecular flexibility index (Phi) is 4.54. The molecule has 0 amide bonds. The van der Waals surface area contributed by atoms with Crippen LogP contribution in [0.15, 0.2) is 18.2 Å².